The molecule has 1 aromatic heterocycles. The minimum absolute atomic E-state index is 0.186. The molecule has 41 heavy (non-hydrogen) atoms. The Hall–Kier alpha value is -4.15. The Labute approximate surface area is 237 Å². The first-order valence-electron chi connectivity index (χ1n) is 12.9. The van der Waals surface area contributed by atoms with Gasteiger partial charge < -0.3 is 0 Å². The third-order valence-corrected chi connectivity index (χ3v) is 14.4. The molecule has 12 heteroatoms. The quantitative estimate of drug-likeness (QED) is 0.271. The van der Waals surface area contributed by atoms with Crippen LogP contribution in [0.2, 0.25) is 0 Å². The summed E-state index contributed by atoms with van der Waals surface area (Å²) in [5.74, 6) is 2.15. The van der Waals surface area contributed by atoms with E-state index in [2.05, 4.69) is 10.1 Å². The van der Waals surface area contributed by atoms with Gasteiger partial charge in [0.05, 0.1) is 0 Å². The van der Waals surface area contributed by atoms with E-state index in [1.165, 1.54) is 11.3 Å². The van der Waals surface area contributed by atoms with Crippen molar-refractivity contribution in [2.24, 2.45) is 0 Å². The summed E-state index contributed by atoms with van der Waals surface area (Å²) < 4.78 is 45.2. The molecular formula is C29H27N4O6PS. The molecule has 0 aliphatic carbocycles. The first-order chi connectivity index (χ1) is 19.9. The van der Waals surface area contributed by atoms with Gasteiger partial charge in [-0.3, -0.25) is 0 Å². The summed E-state index contributed by atoms with van der Waals surface area (Å²) in [5.41, 5.74) is 0.624. The molecule has 1 unspecified atom stereocenters. The zero-order chi connectivity index (χ0) is 28.5. The Morgan fingerprint density at radius 1 is 0.927 bits per heavy atom. The zero-order valence-electron chi connectivity index (χ0n) is 22.1. The van der Waals surface area contributed by atoms with Crippen LogP contribution in [0.15, 0.2) is 120 Å². The fourth-order valence-electron chi connectivity index (χ4n) is 5.56. The number of urea groups is 1. The topological polar surface area (TPSA) is 115 Å². The SMILES string of the molecule is CC=CP(OS(=O)(=O)ON1C(=O)N2CC(c3ncon3)=CC1C2)(c1ccccc1)(c1ccccc1)c1ccccc1. The van der Waals surface area contributed by atoms with E-state index in [1.54, 1.807) is 12.2 Å². The Bertz CT molecular complexity index is 1620. The summed E-state index contributed by atoms with van der Waals surface area (Å²) in [7, 11) is -4.88. The van der Waals surface area contributed by atoms with Gasteiger partial charge in [-0.25, -0.2) is 0 Å². The minimum atomic E-state index is -4.88. The molecule has 0 N–H and O–H groups in total. The number of nitrogens with zero attached hydrogens (tertiary/aromatic N) is 4. The maximum atomic E-state index is 14.1. The summed E-state index contributed by atoms with van der Waals surface area (Å²) in [6, 6.07) is 26.4. The van der Waals surface area contributed by atoms with Gasteiger partial charge in [-0.2, -0.15) is 0 Å². The summed E-state index contributed by atoms with van der Waals surface area (Å²) in [6.45, 7) is -2.17. The molecule has 4 aromatic rings. The molecule has 3 heterocycles. The molecule has 10 nitrogen and oxygen atoms in total. The number of hydrogen-bond donors (Lipinski definition) is 0. The number of fused-ring (bicyclic) bond motifs is 2. The normalized spacial score (nSPS) is 18.4. The van der Waals surface area contributed by atoms with Gasteiger partial charge in [0.1, 0.15) is 0 Å². The second-order valence-corrected chi connectivity index (χ2v) is 15.3. The Balaban J connectivity index is 1.50. The molecule has 210 valence electrons. The van der Waals surface area contributed by atoms with Gasteiger partial charge in [-0.15, -0.1) is 0 Å². The zero-order valence-corrected chi connectivity index (χ0v) is 23.8. The molecule has 1 saturated heterocycles. The predicted octanol–water partition coefficient (Wildman–Crippen LogP) is 3.74. The van der Waals surface area contributed by atoms with Crippen LogP contribution in [0.4, 0.5) is 4.79 Å². The van der Waals surface area contributed by atoms with E-state index in [0.717, 1.165) is 5.06 Å². The molecule has 6 rings (SSSR count). The van der Waals surface area contributed by atoms with Crippen molar-refractivity contribution in [2.45, 2.75) is 13.0 Å². The average molecular weight is 591 g/mol. The summed E-state index contributed by atoms with van der Waals surface area (Å²) >= 11 is 0. The van der Waals surface area contributed by atoms with Crippen LogP contribution in [0.5, 0.6) is 0 Å². The number of allylic oxidation sites excluding steroid dienone is 1. The number of carbonyl (C=O) groups excluding carboxylic acids is 1. The molecule has 0 saturated carbocycles. The van der Waals surface area contributed by atoms with E-state index in [4.69, 9.17) is 12.8 Å². The van der Waals surface area contributed by atoms with Gasteiger partial charge >= 0.3 is 238 Å². The number of benzene rings is 3. The number of hydroxylamine groups is 2. The summed E-state index contributed by atoms with van der Waals surface area (Å²) in [4.78, 5) is 18.8. The van der Waals surface area contributed by atoms with Crippen molar-refractivity contribution in [3.05, 3.63) is 121 Å². The van der Waals surface area contributed by atoms with Crippen LogP contribution in [0.25, 0.3) is 5.57 Å². The summed E-state index contributed by atoms with van der Waals surface area (Å²) in [5, 5.41) is 6.63. The first kappa shape index (κ1) is 27.0. The number of aromatic nitrogens is 2. The van der Waals surface area contributed by atoms with Crippen molar-refractivity contribution in [3.8, 4) is 0 Å². The molecule has 1 atom stereocenters. The Morgan fingerprint density at radius 2 is 1.49 bits per heavy atom. The van der Waals surface area contributed by atoms with Crippen LogP contribution < -0.4 is 15.9 Å². The van der Waals surface area contributed by atoms with Gasteiger partial charge in [0.15, 0.2) is 0 Å². The molecule has 2 bridgehead atoms. The van der Waals surface area contributed by atoms with Crippen molar-refractivity contribution in [1.29, 1.82) is 0 Å². The Morgan fingerprint density at radius 3 is 1.98 bits per heavy atom. The number of hydrogen-bond acceptors (Lipinski definition) is 8. The molecule has 3 aromatic carbocycles. The van der Waals surface area contributed by atoms with Crippen LogP contribution in [0.3, 0.4) is 0 Å². The van der Waals surface area contributed by atoms with Crippen molar-refractivity contribution in [3.63, 3.8) is 0 Å². The van der Waals surface area contributed by atoms with Gasteiger partial charge in [0, 0.05) is 0 Å². The third kappa shape index (κ3) is 4.47. The van der Waals surface area contributed by atoms with Crippen LogP contribution in [0.1, 0.15) is 12.7 Å². The van der Waals surface area contributed by atoms with E-state index in [0.29, 0.717) is 27.3 Å². The number of amides is 2. The van der Waals surface area contributed by atoms with Crippen molar-refractivity contribution in [2.75, 3.05) is 13.1 Å². The molecular weight excluding hydrogens is 563 g/mol. The monoisotopic (exact) mass is 590 g/mol. The van der Waals surface area contributed by atoms with Gasteiger partial charge in [0.2, 0.25) is 0 Å². The first-order valence-corrected chi connectivity index (χ1v) is 16.5. The van der Waals surface area contributed by atoms with Crippen LogP contribution in [-0.2, 0) is 18.7 Å². The van der Waals surface area contributed by atoms with E-state index in [1.807, 2.05) is 104 Å². The third-order valence-electron chi connectivity index (χ3n) is 7.23. The fourth-order valence-corrected chi connectivity index (χ4v) is 13.1. The number of carbonyl (C=O) groups is 1. The number of rotatable bonds is 9. The van der Waals surface area contributed by atoms with Gasteiger partial charge in [-0.05, 0) is 0 Å². The van der Waals surface area contributed by atoms with E-state index < -0.39 is 29.3 Å². The van der Waals surface area contributed by atoms with Crippen molar-refractivity contribution in [1.82, 2.24) is 20.1 Å². The van der Waals surface area contributed by atoms with Crippen LogP contribution in [0, 0.1) is 0 Å². The second-order valence-electron chi connectivity index (χ2n) is 9.65. The van der Waals surface area contributed by atoms with E-state index in [9.17, 15) is 13.2 Å². The molecule has 2 aliphatic heterocycles. The molecule has 2 aliphatic rings. The van der Waals surface area contributed by atoms with Crippen LogP contribution in [-0.4, -0.2) is 53.7 Å². The van der Waals surface area contributed by atoms with Crippen molar-refractivity contribution < 1.29 is 26.0 Å². The molecule has 1 fully saturated rings. The van der Waals surface area contributed by atoms with Gasteiger partial charge in [0.25, 0.3) is 0 Å². The Kier molecular flexibility index (Phi) is 6.83. The second kappa shape index (κ2) is 10.4. The summed E-state index contributed by atoms with van der Waals surface area (Å²) in [6.07, 6.45) is 4.69. The fraction of sp³-hybridized carbons (Fsp3) is 0.138. The van der Waals surface area contributed by atoms with Crippen molar-refractivity contribution >= 4 is 44.7 Å². The average Bonchev–Trinajstić information content (AvgIpc) is 3.62. The standard InChI is InChI=1S/C29H27N4O6PS/c1-2-18-40(25-12-6-3-7-13-25,26-14-8-4-9-15-26,27-16-10-5-11-17-27)39-41(35,36)38-33-24-19-23(28-30-22-37-31-28)20-32(21-24)29(33)34/h2-19,22,24H,20-21H2,1H3. The predicted molar refractivity (Wildman–Crippen MR) is 156 cm³/mol. The van der Waals surface area contributed by atoms with Crippen LogP contribution >= 0.6 is 6.83 Å². The maximum absolute atomic E-state index is 14.1. The molecule has 0 radical (unpaired) electrons. The molecule has 2 amide bonds. The van der Waals surface area contributed by atoms with E-state index >= 15 is 0 Å². The van der Waals surface area contributed by atoms with Gasteiger partial charge in [-0.1, -0.05) is 0 Å². The molecule has 0 spiro atoms. The van der Waals surface area contributed by atoms with E-state index in [-0.39, 0.29) is 13.1 Å².